The molecule has 3 aromatic rings. The minimum atomic E-state index is -0.738. The van der Waals surface area contributed by atoms with Crippen molar-refractivity contribution in [3.8, 4) is 11.5 Å². The van der Waals surface area contributed by atoms with Gasteiger partial charge < -0.3 is 19.5 Å². The molecule has 0 saturated carbocycles. The minimum absolute atomic E-state index is 0.0321. The van der Waals surface area contributed by atoms with E-state index in [0.29, 0.717) is 22.1 Å². The third-order valence-electron chi connectivity index (χ3n) is 5.26. The number of benzene rings is 2. The highest BCUT2D eigenvalue weighted by atomic mass is 35.5. The summed E-state index contributed by atoms with van der Waals surface area (Å²) in [5.74, 6) is -0.676. The molecule has 2 aromatic carbocycles. The molecule has 164 valence electrons. The molecule has 0 bridgehead atoms. The largest absolute Gasteiger partial charge is 0.507 e. The molecular formula is C24H20ClNO5S. The monoisotopic (exact) mass is 469 g/mol. The quantitative estimate of drug-likeness (QED) is 0.311. The van der Waals surface area contributed by atoms with E-state index in [1.165, 1.54) is 23.3 Å². The summed E-state index contributed by atoms with van der Waals surface area (Å²) in [6.07, 6.45) is 0. The van der Waals surface area contributed by atoms with Gasteiger partial charge in [0, 0.05) is 17.0 Å². The molecule has 32 heavy (non-hydrogen) atoms. The third-order valence-corrected chi connectivity index (χ3v) is 6.50. The number of aliphatic hydroxyl groups excluding tert-OH is 1. The van der Waals surface area contributed by atoms with Crippen LogP contribution in [-0.2, 0) is 16.1 Å². The van der Waals surface area contributed by atoms with Gasteiger partial charge in [0.2, 0.25) is 0 Å². The number of likely N-dealkylation sites (tertiary alicyclic amines) is 1. The van der Waals surface area contributed by atoms with Crippen LogP contribution in [-0.4, -0.2) is 35.9 Å². The van der Waals surface area contributed by atoms with Crippen molar-refractivity contribution in [3.63, 3.8) is 0 Å². The molecule has 4 rings (SSSR count). The van der Waals surface area contributed by atoms with E-state index in [2.05, 4.69) is 0 Å². The maximum Gasteiger partial charge on any atom is 0.295 e. The fourth-order valence-electron chi connectivity index (χ4n) is 3.72. The topological polar surface area (TPSA) is 76.1 Å². The van der Waals surface area contributed by atoms with E-state index in [4.69, 9.17) is 21.1 Å². The molecule has 1 fully saturated rings. The second-order valence-corrected chi connectivity index (χ2v) is 8.53. The number of Topliss-reactive ketones (excluding diaryl/α,β-unsaturated/α-hetero) is 1. The maximum atomic E-state index is 13.1. The lowest BCUT2D eigenvalue weighted by molar-refractivity contribution is -0.140. The predicted octanol–water partition coefficient (Wildman–Crippen LogP) is 5.04. The van der Waals surface area contributed by atoms with Crippen LogP contribution in [0, 0.1) is 0 Å². The lowest BCUT2D eigenvalue weighted by atomic mass is 9.99. The van der Waals surface area contributed by atoms with Crippen LogP contribution in [0.1, 0.15) is 22.0 Å². The molecule has 2 heterocycles. The number of ketones is 1. The second-order valence-electron chi connectivity index (χ2n) is 7.14. The Bertz CT molecular complexity index is 1200. The molecule has 0 spiro atoms. The van der Waals surface area contributed by atoms with Gasteiger partial charge in [-0.25, -0.2) is 0 Å². The second kappa shape index (κ2) is 9.06. The van der Waals surface area contributed by atoms with E-state index in [1.807, 2.05) is 41.8 Å². The van der Waals surface area contributed by atoms with Gasteiger partial charge in [0.1, 0.15) is 17.3 Å². The minimum Gasteiger partial charge on any atom is -0.507 e. The van der Waals surface area contributed by atoms with Gasteiger partial charge in [-0.15, -0.1) is 11.3 Å². The zero-order chi connectivity index (χ0) is 22.8. The van der Waals surface area contributed by atoms with Gasteiger partial charge in [-0.05, 0) is 47.3 Å². The first-order chi connectivity index (χ1) is 15.4. The number of rotatable bonds is 6. The molecule has 1 saturated heterocycles. The van der Waals surface area contributed by atoms with Crippen molar-refractivity contribution < 1.29 is 24.2 Å². The normalized spacial score (nSPS) is 17.6. The van der Waals surface area contributed by atoms with Crippen molar-refractivity contribution in [1.29, 1.82) is 0 Å². The number of carbonyl (C=O) groups is 2. The first-order valence-corrected chi connectivity index (χ1v) is 11.0. The summed E-state index contributed by atoms with van der Waals surface area (Å²) in [7, 11) is 3.03. The van der Waals surface area contributed by atoms with Crippen LogP contribution in [0.2, 0.25) is 5.02 Å². The fraction of sp³-hybridized carbons (Fsp3) is 0.167. The van der Waals surface area contributed by atoms with Gasteiger partial charge in [0.25, 0.3) is 11.7 Å². The van der Waals surface area contributed by atoms with Crippen molar-refractivity contribution in [2.75, 3.05) is 14.2 Å². The van der Waals surface area contributed by atoms with E-state index < -0.39 is 17.7 Å². The first kappa shape index (κ1) is 21.9. The lowest BCUT2D eigenvalue weighted by Crippen LogP contribution is -2.28. The van der Waals surface area contributed by atoms with E-state index in [0.717, 1.165) is 10.4 Å². The van der Waals surface area contributed by atoms with Gasteiger partial charge in [-0.1, -0.05) is 29.8 Å². The van der Waals surface area contributed by atoms with Gasteiger partial charge >= 0.3 is 0 Å². The van der Waals surface area contributed by atoms with E-state index in [1.54, 1.807) is 25.3 Å². The summed E-state index contributed by atoms with van der Waals surface area (Å²) >= 11 is 7.51. The third kappa shape index (κ3) is 3.97. The predicted molar refractivity (Wildman–Crippen MR) is 123 cm³/mol. The molecule has 1 unspecified atom stereocenters. The number of aliphatic hydroxyl groups is 1. The Morgan fingerprint density at radius 1 is 1.09 bits per heavy atom. The molecule has 1 aliphatic rings. The summed E-state index contributed by atoms with van der Waals surface area (Å²) in [4.78, 5) is 28.4. The number of hydrogen-bond acceptors (Lipinski definition) is 6. The Labute approximate surface area is 194 Å². The van der Waals surface area contributed by atoms with Crippen LogP contribution < -0.4 is 9.47 Å². The molecule has 1 atom stereocenters. The average Bonchev–Trinajstić information content (AvgIpc) is 3.42. The molecule has 6 nitrogen and oxygen atoms in total. The van der Waals surface area contributed by atoms with Gasteiger partial charge in [0.05, 0.1) is 30.9 Å². The molecule has 1 aromatic heterocycles. The zero-order valence-corrected chi connectivity index (χ0v) is 18.9. The van der Waals surface area contributed by atoms with Crippen molar-refractivity contribution >= 4 is 40.4 Å². The maximum absolute atomic E-state index is 13.1. The number of halogens is 1. The van der Waals surface area contributed by atoms with Crippen LogP contribution >= 0.6 is 22.9 Å². The number of thiophene rings is 1. The summed E-state index contributed by atoms with van der Waals surface area (Å²) < 4.78 is 10.5. The van der Waals surface area contributed by atoms with Crippen LogP contribution in [0.3, 0.4) is 0 Å². The van der Waals surface area contributed by atoms with Crippen LogP contribution in [0.15, 0.2) is 65.6 Å². The average molecular weight is 470 g/mol. The number of nitrogens with zero attached hydrogens (tertiary/aromatic N) is 1. The van der Waals surface area contributed by atoms with Crippen molar-refractivity contribution in [2.24, 2.45) is 0 Å². The molecule has 0 aliphatic carbocycles. The van der Waals surface area contributed by atoms with Gasteiger partial charge in [0.15, 0.2) is 0 Å². The molecule has 1 aliphatic heterocycles. The molecule has 1 N–H and O–H groups in total. The highest BCUT2D eigenvalue weighted by Crippen LogP contribution is 2.42. The smallest absolute Gasteiger partial charge is 0.295 e. The van der Waals surface area contributed by atoms with E-state index in [9.17, 15) is 14.7 Å². The Balaban J connectivity index is 1.82. The van der Waals surface area contributed by atoms with Gasteiger partial charge in [-0.2, -0.15) is 0 Å². The number of amides is 1. The SMILES string of the molecule is COc1cccc(CN2C(=O)C(=O)/C(=C(\O)c3ccc(Cl)c(OC)c3)C2c2cccs2)c1. The summed E-state index contributed by atoms with van der Waals surface area (Å²) in [6.45, 7) is 0.186. The Morgan fingerprint density at radius 2 is 1.91 bits per heavy atom. The Morgan fingerprint density at radius 3 is 2.59 bits per heavy atom. The van der Waals surface area contributed by atoms with Gasteiger partial charge in [-0.3, -0.25) is 9.59 Å². The standard InChI is InChI=1S/C24H20ClNO5S/c1-30-16-6-3-5-14(11-16)13-26-21(19-7-4-10-32-19)20(23(28)24(26)29)22(27)15-8-9-17(25)18(12-15)31-2/h3-12,21,27H,13H2,1-2H3/b22-20-. The lowest BCUT2D eigenvalue weighted by Gasteiger charge is -2.24. The number of ether oxygens (including phenoxy) is 2. The van der Waals surface area contributed by atoms with Crippen LogP contribution in [0.4, 0.5) is 0 Å². The highest BCUT2D eigenvalue weighted by Gasteiger charge is 2.46. The molecular weight excluding hydrogens is 450 g/mol. The summed E-state index contributed by atoms with van der Waals surface area (Å²) in [5.41, 5.74) is 1.18. The highest BCUT2D eigenvalue weighted by molar-refractivity contribution is 7.10. The molecule has 0 radical (unpaired) electrons. The van der Waals surface area contributed by atoms with E-state index in [-0.39, 0.29) is 17.9 Å². The van der Waals surface area contributed by atoms with Crippen molar-refractivity contribution in [2.45, 2.75) is 12.6 Å². The fourth-order valence-corrected chi connectivity index (χ4v) is 4.76. The Kier molecular flexibility index (Phi) is 6.21. The number of hydrogen-bond donors (Lipinski definition) is 1. The first-order valence-electron chi connectivity index (χ1n) is 9.73. The molecule has 8 heteroatoms. The summed E-state index contributed by atoms with van der Waals surface area (Å²) in [6, 6.07) is 15.0. The summed E-state index contributed by atoms with van der Waals surface area (Å²) in [5, 5.41) is 13.4. The van der Waals surface area contributed by atoms with Crippen molar-refractivity contribution in [3.05, 3.63) is 86.6 Å². The number of methoxy groups -OCH3 is 2. The van der Waals surface area contributed by atoms with Crippen LogP contribution in [0.5, 0.6) is 11.5 Å². The Hall–Kier alpha value is -3.29. The van der Waals surface area contributed by atoms with Crippen LogP contribution in [0.25, 0.3) is 5.76 Å². The zero-order valence-electron chi connectivity index (χ0n) is 17.4. The molecule has 1 amide bonds. The number of carbonyl (C=O) groups excluding carboxylic acids is 2. The van der Waals surface area contributed by atoms with Crippen molar-refractivity contribution in [1.82, 2.24) is 4.90 Å². The van der Waals surface area contributed by atoms with E-state index >= 15 is 0 Å².